The van der Waals surface area contributed by atoms with Crippen molar-refractivity contribution in [3.8, 4) is 11.3 Å². The highest BCUT2D eigenvalue weighted by Crippen LogP contribution is 2.38. The van der Waals surface area contributed by atoms with Gasteiger partial charge < -0.3 is 9.73 Å². The van der Waals surface area contributed by atoms with Crippen LogP contribution in [0.25, 0.3) is 17.4 Å². The third-order valence-electron chi connectivity index (χ3n) is 4.99. The number of alkyl halides is 3. The monoisotopic (exact) mass is 486 g/mol. The van der Waals surface area contributed by atoms with Gasteiger partial charge in [0, 0.05) is 17.3 Å². The van der Waals surface area contributed by atoms with Crippen LogP contribution >= 0.6 is 11.8 Å². The van der Waals surface area contributed by atoms with Crippen molar-refractivity contribution >= 4 is 40.6 Å². The van der Waals surface area contributed by atoms with Crippen molar-refractivity contribution in [3.63, 3.8) is 0 Å². The van der Waals surface area contributed by atoms with Crippen LogP contribution in [0.2, 0.25) is 0 Å². The maximum absolute atomic E-state index is 13.3. The SMILES string of the molecule is Cc1ccccc1NC(=O)CN1C(=O)S/C(=C/c2ccc(-c3ccccc3C(F)(F)F)o2)C1=O. The number of benzene rings is 2. The molecule has 0 unspecified atom stereocenters. The van der Waals surface area contributed by atoms with Crippen molar-refractivity contribution in [2.24, 2.45) is 0 Å². The summed E-state index contributed by atoms with van der Waals surface area (Å²) in [7, 11) is 0. The second-order valence-corrected chi connectivity index (χ2v) is 8.37. The van der Waals surface area contributed by atoms with Gasteiger partial charge in [-0.05, 0) is 48.5 Å². The maximum atomic E-state index is 13.3. The molecule has 0 radical (unpaired) electrons. The van der Waals surface area contributed by atoms with Crippen molar-refractivity contribution < 1.29 is 32.0 Å². The number of thioether (sulfide) groups is 1. The van der Waals surface area contributed by atoms with E-state index >= 15 is 0 Å². The van der Waals surface area contributed by atoms with E-state index in [4.69, 9.17) is 4.42 Å². The molecule has 174 valence electrons. The first-order valence-electron chi connectivity index (χ1n) is 10.0. The van der Waals surface area contributed by atoms with Gasteiger partial charge in [0.15, 0.2) is 0 Å². The third-order valence-corrected chi connectivity index (χ3v) is 5.90. The van der Waals surface area contributed by atoms with Crippen LogP contribution in [0.15, 0.2) is 70.0 Å². The number of halogens is 3. The van der Waals surface area contributed by atoms with Crippen LogP contribution in [0.4, 0.5) is 23.7 Å². The number of carbonyl (C=O) groups is 3. The molecule has 0 aliphatic carbocycles. The van der Waals surface area contributed by atoms with Gasteiger partial charge in [-0.3, -0.25) is 19.3 Å². The van der Waals surface area contributed by atoms with Crippen LogP contribution in [0.1, 0.15) is 16.9 Å². The van der Waals surface area contributed by atoms with E-state index in [0.29, 0.717) is 17.4 Å². The fourth-order valence-electron chi connectivity index (χ4n) is 3.33. The Morgan fingerprint density at radius 2 is 1.76 bits per heavy atom. The zero-order valence-corrected chi connectivity index (χ0v) is 18.5. The number of rotatable bonds is 5. The first-order valence-corrected chi connectivity index (χ1v) is 10.8. The highest BCUT2D eigenvalue weighted by molar-refractivity contribution is 8.18. The van der Waals surface area contributed by atoms with Gasteiger partial charge in [-0.2, -0.15) is 13.2 Å². The Balaban J connectivity index is 1.50. The molecular formula is C24H17F3N2O4S. The second-order valence-electron chi connectivity index (χ2n) is 7.38. The average Bonchev–Trinajstić information content (AvgIpc) is 3.35. The number of nitrogens with zero attached hydrogens (tertiary/aromatic N) is 1. The molecular weight excluding hydrogens is 469 g/mol. The summed E-state index contributed by atoms with van der Waals surface area (Å²) in [5, 5.41) is 2.02. The third kappa shape index (κ3) is 4.91. The number of furan rings is 1. The summed E-state index contributed by atoms with van der Waals surface area (Å²) >= 11 is 0.619. The molecule has 34 heavy (non-hydrogen) atoms. The van der Waals surface area contributed by atoms with Crippen LogP contribution in [0, 0.1) is 6.92 Å². The number of aryl methyl sites for hydroxylation is 1. The Morgan fingerprint density at radius 3 is 2.50 bits per heavy atom. The van der Waals surface area contributed by atoms with E-state index in [1.54, 1.807) is 12.1 Å². The Labute approximate surface area is 196 Å². The minimum atomic E-state index is -4.56. The van der Waals surface area contributed by atoms with E-state index in [-0.39, 0.29) is 22.0 Å². The van der Waals surface area contributed by atoms with Crippen LogP contribution in [0.5, 0.6) is 0 Å². The molecule has 3 amide bonds. The van der Waals surface area contributed by atoms with Gasteiger partial charge in [0.2, 0.25) is 5.91 Å². The van der Waals surface area contributed by atoms with Gasteiger partial charge in [-0.25, -0.2) is 0 Å². The Morgan fingerprint density at radius 1 is 1.06 bits per heavy atom. The number of hydrogen-bond donors (Lipinski definition) is 1. The number of nitrogens with one attached hydrogen (secondary N) is 1. The molecule has 0 bridgehead atoms. The van der Waals surface area contributed by atoms with Gasteiger partial charge in [-0.15, -0.1) is 0 Å². The Kier molecular flexibility index (Phi) is 6.34. The second kappa shape index (κ2) is 9.22. The molecule has 3 aromatic rings. The molecule has 1 aromatic heterocycles. The molecule has 4 rings (SSSR count). The van der Waals surface area contributed by atoms with E-state index < -0.39 is 35.3 Å². The molecule has 1 aliphatic rings. The number of carbonyl (C=O) groups excluding carboxylic acids is 3. The molecule has 2 aromatic carbocycles. The summed E-state index contributed by atoms with van der Waals surface area (Å²) in [6, 6.07) is 14.8. The Hall–Kier alpha value is -3.79. The minimum Gasteiger partial charge on any atom is -0.457 e. The average molecular weight is 486 g/mol. The molecule has 1 aliphatic heterocycles. The zero-order chi connectivity index (χ0) is 24.5. The lowest BCUT2D eigenvalue weighted by molar-refractivity contribution is -0.137. The molecule has 0 saturated carbocycles. The Bertz CT molecular complexity index is 1310. The standard InChI is InChI=1S/C24H17F3N2O4S/c1-14-6-2-5-9-18(14)28-21(30)13-29-22(31)20(34-23(29)32)12-15-10-11-19(33-15)16-7-3-4-8-17(16)24(25,26)27/h2-12H,13H2,1H3,(H,28,30)/b20-12+. The predicted molar refractivity (Wildman–Crippen MR) is 122 cm³/mol. The smallest absolute Gasteiger partial charge is 0.417 e. The van der Waals surface area contributed by atoms with Crippen molar-refractivity contribution in [2.75, 3.05) is 11.9 Å². The molecule has 2 heterocycles. The van der Waals surface area contributed by atoms with Gasteiger partial charge in [0.25, 0.3) is 11.1 Å². The maximum Gasteiger partial charge on any atom is 0.417 e. The van der Waals surface area contributed by atoms with Gasteiger partial charge in [-0.1, -0.05) is 36.4 Å². The molecule has 10 heteroatoms. The van der Waals surface area contributed by atoms with Crippen LogP contribution < -0.4 is 5.32 Å². The molecule has 1 saturated heterocycles. The molecule has 1 N–H and O–H groups in total. The lowest BCUT2D eigenvalue weighted by Gasteiger charge is -2.13. The summed E-state index contributed by atoms with van der Waals surface area (Å²) in [5.74, 6) is -1.16. The van der Waals surface area contributed by atoms with E-state index in [0.717, 1.165) is 16.5 Å². The highest BCUT2D eigenvalue weighted by atomic mass is 32.2. The number of hydrogen-bond acceptors (Lipinski definition) is 5. The normalized spacial score (nSPS) is 15.3. The fourth-order valence-corrected chi connectivity index (χ4v) is 4.15. The molecule has 0 atom stereocenters. The summed E-state index contributed by atoms with van der Waals surface area (Å²) in [6.45, 7) is 1.34. The summed E-state index contributed by atoms with van der Waals surface area (Å²) < 4.78 is 45.4. The first kappa shape index (κ1) is 23.4. The van der Waals surface area contributed by atoms with Crippen LogP contribution in [-0.4, -0.2) is 28.5 Å². The van der Waals surface area contributed by atoms with Crippen molar-refractivity contribution in [2.45, 2.75) is 13.1 Å². The highest BCUT2D eigenvalue weighted by Gasteiger charge is 2.37. The molecule has 0 spiro atoms. The zero-order valence-electron chi connectivity index (χ0n) is 17.7. The lowest BCUT2D eigenvalue weighted by Crippen LogP contribution is -2.36. The van der Waals surface area contributed by atoms with Gasteiger partial charge in [0.1, 0.15) is 18.1 Å². The summed E-state index contributed by atoms with van der Waals surface area (Å²) in [4.78, 5) is 38.1. The van der Waals surface area contributed by atoms with E-state index in [9.17, 15) is 27.6 Å². The van der Waals surface area contributed by atoms with Crippen molar-refractivity contribution in [1.82, 2.24) is 4.90 Å². The fraction of sp³-hybridized carbons (Fsp3) is 0.125. The first-order chi connectivity index (χ1) is 16.1. The van der Waals surface area contributed by atoms with Gasteiger partial charge >= 0.3 is 6.18 Å². The van der Waals surface area contributed by atoms with Crippen LogP contribution in [-0.2, 0) is 15.8 Å². The predicted octanol–water partition coefficient (Wildman–Crippen LogP) is 5.95. The quantitative estimate of drug-likeness (QED) is 0.451. The summed E-state index contributed by atoms with van der Waals surface area (Å²) in [5.41, 5.74) is 0.398. The largest absolute Gasteiger partial charge is 0.457 e. The summed E-state index contributed by atoms with van der Waals surface area (Å²) in [6.07, 6.45) is -3.30. The lowest BCUT2D eigenvalue weighted by atomic mass is 10.1. The number of para-hydroxylation sites is 1. The van der Waals surface area contributed by atoms with E-state index in [1.165, 1.54) is 36.4 Å². The van der Waals surface area contributed by atoms with E-state index in [2.05, 4.69) is 5.32 Å². The number of amides is 3. The van der Waals surface area contributed by atoms with Crippen molar-refractivity contribution in [3.05, 3.63) is 82.5 Å². The van der Waals surface area contributed by atoms with Crippen molar-refractivity contribution in [1.29, 1.82) is 0 Å². The molecule has 1 fully saturated rings. The number of imide groups is 1. The molecule has 6 nitrogen and oxygen atoms in total. The van der Waals surface area contributed by atoms with E-state index in [1.807, 2.05) is 19.1 Å². The van der Waals surface area contributed by atoms with Gasteiger partial charge in [0.05, 0.1) is 10.5 Å². The number of anilines is 1. The topological polar surface area (TPSA) is 79.6 Å². The minimum absolute atomic E-state index is 0.00121. The van der Waals surface area contributed by atoms with Crippen LogP contribution in [0.3, 0.4) is 0 Å².